The van der Waals surface area contributed by atoms with Gasteiger partial charge in [0.25, 0.3) is 0 Å². The van der Waals surface area contributed by atoms with E-state index in [1.165, 1.54) is 21.2 Å². The first-order valence-corrected chi connectivity index (χ1v) is 14.3. The average molecular weight is 576 g/mol. The summed E-state index contributed by atoms with van der Waals surface area (Å²) < 4.78 is 1.41. The molecule has 0 bridgehead atoms. The molecule has 10 heteroatoms. The fourth-order valence-electron chi connectivity index (χ4n) is 5.10. The molecular formula is C29H22ClN3O4S2. The van der Waals surface area contributed by atoms with Crippen LogP contribution in [-0.4, -0.2) is 27.5 Å². The zero-order valence-corrected chi connectivity index (χ0v) is 23.1. The predicted octanol–water partition coefficient (Wildman–Crippen LogP) is 5.31. The zero-order valence-electron chi connectivity index (χ0n) is 20.7. The third-order valence-corrected chi connectivity index (χ3v) is 9.79. The van der Waals surface area contributed by atoms with Gasteiger partial charge in [0, 0.05) is 21.5 Å². The number of aromatic nitrogens is 1. The molecule has 1 N–H and O–H groups in total. The van der Waals surface area contributed by atoms with E-state index < -0.39 is 17.1 Å². The Morgan fingerprint density at radius 3 is 2.31 bits per heavy atom. The molecule has 6 rings (SSSR count). The van der Waals surface area contributed by atoms with E-state index in [2.05, 4.69) is 5.32 Å². The maximum atomic E-state index is 13.9. The number of nitrogens with zero attached hydrogens (tertiary/aromatic N) is 2. The maximum Gasteiger partial charge on any atom is 0.308 e. The van der Waals surface area contributed by atoms with Gasteiger partial charge in [0.1, 0.15) is 11.8 Å². The lowest BCUT2D eigenvalue weighted by molar-refractivity contribution is -0.122. The second-order valence-electron chi connectivity index (χ2n) is 9.48. The number of amides is 3. The van der Waals surface area contributed by atoms with Crippen LogP contribution < -0.4 is 15.1 Å². The van der Waals surface area contributed by atoms with E-state index in [9.17, 15) is 19.2 Å². The number of halogens is 1. The number of thiazole rings is 1. The number of nitrogens with one attached hydrogen (secondary N) is 1. The van der Waals surface area contributed by atoms with Crippen molar-refractivity contribution < 1.29 is 14.4 Å². The highest BCUT2D eigenvalue weighted by atomic mass is 35.5. The van der Waals surface area contributed by atoms with E-state index in [0.717, 1.165) is 22.5 Å². The van der Waals surface area contributed by atoms with E-state index in [4.69, 9.17) is 11.6 Å². The molecule has 39 heavy (non-hydrogen) atoms. The molecule has 3 heterocycles. The highest BCUT2D eigenvalue weighted by Gasteiger charge is 2.56. The molecule has 3 amide bonds. The molecule has 0 spiro atoms. The van der Waals surface area contributed by atoms with Crippen LogP contribution in [0.1, 0.15) is 21.9 Å². The lowest BCUT2D eigenvalue weighted by Gasteiger charge is -2.30. The first-order chi connectivity index (χ1) is 18.8. The summed E-state index contributed by atoms with van der Waals surface area (Å²) in [4.78, 5) is 55.4. The summed E-state index contributed by atoms with van der Waals surface area (Å²) in [5.41, 5.74) is 2.94. The van der Waals surface area contributed by atoms with Crippen LogP contribution >= 0.6 is 34.7 Å². The van der Waals surface area contributed by atoms with Gasteiger partial charge >= 0.3 is 4.87 Å². The van der Waals surface area contributed by atoms with E-state index in [-0.39, 0.29) is 29.1 Å². The van der Waals surface area contributed by atoms with Crippen LogP contribution in [0.25, 0.3) is 0 Å². The van der Waals surface area contributed by atoms with E-state index >= 15 is 0 Å². The Bertz CT molecular complexity index is 1650. The number of hydrogen-bond acceptors (Lipinski definition) is 6. The number of benzene rings is 3. The summed E-state index contributed by atoms with van der Waals surface area (Å²) in [7, 11) is 0. The molecule has 0 aliphatic carbocycles. The molecule has 3 atom stereocenters. The van der Waals surface area contributed by atoms with Crippen molar-refractivity contribution in [3.8, 4) is 0 Å². The summed E-state index contributed by atoms with van der Waals surface area (Å²) in [6, 6.07) is 23.4. The summed E-state index contributed by atoms with van der Waals surface area (Å²) in [6.07, 6.45) is 0. The van der Waals surface area contributed by atoms with E-state index in [0.29, 0.717) is 26.3 Å². The summed E-state index contributed by atoms with van der Waals surface area (Å²) >= 11 is 8.36. The molecule has 2 unspecified atom stereocenters. The maximum absolute atomic E-state index is 13.9. The van der Waals surface area contributed by atoms with Crippen LogP contribution in [0.5, 0.6) is 0 Å². The van der Waals surface area contributed by atoms with Crippen molar-refractivity contribution in [3.63, 3.8) is 0 Å². The van der Waals surface area contributed by atoms with Gasteiger partial charge in [-0.2, -0.15) is 0 Å². The van der Waals surface area contributed by atoms with Crippen molar-refractivity contribution in [2.45, 2.75) is 29.7 Å². The standard InChI is InChI=1S/C29H22ClN3O4S2/c1-16-7-13-20(14-8-16)33-26(35)23-22(17-9-11-18(30)12-10-17)25-28(38-24(23)27(33)36)32(29(37)39-25)15-21(34)31-19-5-3-2-4-6-19/h2-14,22-24H,15H2,1H3,(H,31,34)/t22-,23?,24?/m1/s1. The van der Waals surface area contributed by atoms with Crippen LogP contribution in [0.15, 0.2) is 88.7 Å². The van der Waals surface area contributed by atoms with Crippen molar-refractivity contribution in [1.29, 1.82) is 0 Å². The Hall–Kier alpha value is -3.66. The number of aryl methyl sites for hydroxylation is 1. The third kappa shape index (κ3) is 4.60. The van der Waals surface area contributed by atoms with Gasteiger partial charge in [0.05, 0.1) is 16.6 Å². The fraction of sp³-hybridized carbons (Fsp3) is 0.172. The number of para-hydroxylation sites is 1. The van der Waals surface area contributed by atoms with Gasteiger partial charge in [0.15, 0.2) is 0 Å². The molecule has 2 aliphatic rings. The van der Waals surface area contributed by atoms with Crippen molar-refractivity contribution >= 4 is 63.8 Å². The van der Waals surface area contributed by atoms with Gasteiger partial charge in [0.2, 0.25) is 17.7 Å². The lowest BCUT2D eigenvalue weighted by atomic mass is 9.83. The lowest BCUT2D eigenvalue weighted by Crippen LogP contribution is -2.33. The van der Waals surface area contributed by atoms with Gasteiger partial charge in [-0.15, -0.1) is 0 Å². The number of hydrogen-bond donors (Lipinski definition) is 1. The normalized spacial score (nSPS) is 20.1. The largest absolute Gasteiger partial charge is 0.325 e. The Morgan fingerprint density at radius 1 is 0.923 bits per heavy atom. The molecule has 1 fully saturated rings. The van der Waals surface area contributed by atoms with Crippen LogP contribution in [0.2, 0.25) is 5.02 Å². The fourth-order valence-corrected chi connectivity index (χ4v) is 8.00. The number of fused-ring (bicyclic) bond motifs is 2. The number of imide groups is 1. The third-order valence-electron chi connectivity index (χ3n) is 6.93. The summed E-state index contributed by atoms with van der Waals surface area (Å²) in [6.45, 7) is 1.73. The van der Waals surface area contributed by atoms with E-state index in [1.54, 1.807) is 36.4 Å². The predicted molar refractivity (Wildman–Crippen MR) is 154 cm³/mol. The molecule has 196 valence electrons. The molecule has 0 radical (unpaired) electrons. The van der Waals surface area contributed by atoms with Gasteiger partial charge in [-0.05, 0) is 48.9 Å². The van der Waals surface area contributed by atoms with E-state index in [1.807, 2.05) is 49.4 Å². The quantitative estimate of drug-likeness (QED) is 0.326. The van der Waals surface area contributed by atoms with Crippen LogP contribution in [0, 0.1) is 12.8 Å². The number of thioether (sulfide) groups is 1. The average Bonchev–Trinajstić information content (AvgIpc) is 3.36. The van der Waals surface area contributed by atoms with Crippen molar-refractivity contribution in [2.24, 2.45) is 5.92 Å². The number of carbonyl (C=O) groups excluding carboxylic acids is 3. The highest BCUT2D eigenvalue weighted by Crippen LogP contribution is 2.53. The number of rotatable bonds is 5. The van der Waals surface area contributed by atoms with Gasteiger partial charge < -0.3 is 5.32 Å². The minimum atomic E-state index is -0.746. The second kappa shape index (κ2) is 10.1. The van der Waals surface area contributed by atoms with Crippen molar-refractivity contribution in [1.82, 2.24) is 4.57 Å². The second-order valence-corrected chi connectivity index (χ2v) is 12.0. The number of carbonyl (C=O) groups is 3. The molecule has 3 aromatic carbocycles. The van der Waals surface area contributed by atoms with Crippen molar-refractivity contribution in [2.75, 3.05) is 10.2 Å². The van der Waals surface area contributed by atoms with Crippen LogP contribution in [-0.2, 0) is 20.9 Å². The smallest absolute Gasteiger partial charge is 0.308 e. The molecule has 4 aromatic rings. The van der Waals surface area contributed by atoms with Gasteiger partial charge in [-0.25, -0.2) is 4.90 Å². The molecule has 1 aromatic heterocycles. The molecule has 2 aliphatic heterocycles. The highest BCUT2D eigenvalue weighted by molar-refractivity contribution is 8.00. The zero-order chi connectivity index (χ0) is 27.3. The minimum Gasteiger partial charge on any atom is -0.325 e. The first kappa shape index (κ1) is 25.6. The Morgan fingerprint density at radius 2 is 1.62 bits per heavy atom. The van der Waals surface area contributed by atoms with Gasteiger partial charge in [-0.3, -0.25) is 23.7 Å². The monoisotopic (exact) mass is 575 g/mol. The molecular weight excluding hydrogens is 554 g/mol. The Balaban J connectivity index is 1.42. The first-order valence-electron chi connectivity index (χ1n) is 12.3. The minimum absolute atomic E-state index is 0.207. The summed E-state index contributed by atoms with van der Waals surface area (Å²) in [5.74, 6) is -2.23. The topological polar surface area (TPSA) is 88.5 Å². The molecule has 0 saturated carbocycles. The Labute approximate surface area is 237 Å². The van der Waals surface area contributed by atoms with Crippen LogP contribution in [0.4, 0.5) is 11.4 Å². The van der Waals surface area contributed by atoms with Gasteiger partial charge in [-0.1, -0.05) is 82.7 Å². The number of anilines is 2. The SMILES string of the molecule is Cc1ccc(N2C(=O)C3Sc4c(sc(=O)n4CC(=O)Nc4ccccc4)[C@H](c4ccc(Cl)cc4)C3C2=O)cc1. The van der Waals surface area contributed by atoms with Crippen LogP contribution in [0.3, 0.4) is 0 Å². The van der Waals surface area contributed by atoms with Crippen molar-refractivity contribution in [3.05, 3.63) is 110 Å². The Kier molecular flexibility index (Phi) is 6.66. The molecule has 7 nitrogen and oxygen atoms in total. The summed E-state index contributed by atoms with van der Waals surface area (Å²) in [5, 5.41) is 3.15. The molecule has 1 saturated heterocycles.